The van der Waals surface area contributed by atoms with E-state index in [2.05, 4.69) is 4.72 Å². The highest BCUT2D eigenvalue weighted by Gasteiger charge is 2.21. The SMILES string of the molecule is Cc1cccc(OC(=O)CNS(=O)(=O)c2ccc3c(c2)OCO3)c1. The Morgan fingerprint density at radius 1 is 1.17 bits per heavy atom. The third-order valence-electron chi connectivity index (χ3n) is 3.28. The first kappa shape index (κ1) is 16.3. The van der Waals surface area contributed by atoms with E-state index in [0.29, 0.717) is 17.2 Å². The highest BCUT2D eigenvalue weighted by Crippen LogP contribution is 2.33. The first-order valence-corrected chi connectivity index (χ1v) is 8.59. The molecule has 0 bridgehead atoms. The number of hydrogen-bond donors (Lipinski definition) is 1. The highest BCUT2D eigenvalue weighted by atomic mass is 32.2. The van der Waals surface area contributed by atoms with Gasteiger partial charge >= 0.3 is 5.97 Å². The van der Waals surface area contributed by atoms with Crippen molar-refractivity contribution in [3.63, 3.8) is 0 Å². The summed E-state index contributed by atoms with van der Waals surface area (Å²) in [5, 5.41) is 0. The van der Waals surface area contributed by atoms with Crippen molar-refractivity contribution in [2.24, 2.45) is 0 Å². The molecule has 1 heterocycles. The predicted molar refractivity (Wildman–Crippen MR) is 84.6 cm³/mol. The lowest BCUT2D eigenvalue weighted by molar-refractivity contribution is -0.133. The summed E-state index contributed by atoms with van der Waals surface area (Å²) in [7, 11) is -3.86. The fourth-order valence-corrected chi connectivity index (χ4v) is 3.11. The van der Waals surface area contributed by atoms with E-state index in [-0.39, 0.29) is 11.7 Å². The van der Waals surface area contributed by atoms with E-state index in [4.69, 9.17) is 14.2 Å². The van der Waals surface area contributed by atoms with Crippen LogP contribution >= 0.6 is 0 Å². The molecule has 1 aliphatic heterocycles. The number of rotatable bonds is 5. The van der Waals surface area contributed by atoms with E-state index in [1.165, 1.54) is 18.2 Å². The van der Waals surface area contributed by atoms with Gasteiger partial charge in [-0.15, -0.1) is 0 Å². The van der Waals surface area contributed by atoms with Gasteiger partial charge < -0.3 is 14.2 Å². The van der Waals surface area contributed by atoms with Crippen molar-refractivity contribution in [1.82, 2.24) is 4.72 Å². The molecular formula is C16H15NO6S. The molecule has 1 N–H and O–H groups in total. The molecule has 2 aromatic rings. The molecule has 0 atom stereocenters. The van der Waals surface area contributed by atoms with Crippen LogP contribution in [0.3, 0.4) is 0 Å². The summed E-state index contributed by atoms with van der Waals surface area (Å²) >= 11 is 0. The molecule has 8 heteroatoms. The predicted octanol–water partition coefficient (Wildman–Crippen LogP) is 1.61. The molecule has 1 aliphatic rings. The number of hydrogen-bond acceptors (Lipinski definition) is 6. The number of benzene rings is 2. The summed E-state index contributed by atoms with van der Waals surface area (Å²) in [6, 6.07) is 11.1. The van der Waals surface area contributed by atoms with Gasteiger partial charge in [-0.2, -0.15) is 4.72 Å². The average Bonchev–Trinajstić information content (AvgIpc) is 3.01. The lowest BCUT2D eigenvalue weighted by Crippen LogP contribution is -2.32. The van der Waals surface area contributed by atoms with Gasteiger partial charge in [0.1, 0.15) is 12.3 Å². The summed E-state index contributed by atoms with van der Waals surface area (Å²) in [4.78, 5) is 11.8. The zero-order valence-electron chi connectivity index (χ0n) is 12.8. The minimum Gasteiger partial charge on any atom is -0.454 e. The first-order chi connectivity index (χ1) is 11.4. The molecule has 24 heavy (non-hydrogen) atoms. The summed E-state index contributed by atoms with van der Waals surface area (Å²) in [5.41, 5.74) is 0.932. The smallest absolute Gasteiger partial charge is 0.326 e. The molecular weight excluding hydrogens is 334 g/mol. The van der Waals surface area contributed by atoms with Crippen molar-refractivity contribution in [1.29, 1.82) is 0 Å². The molecule has 0 amide bonds. The summed E-state index contributed by atoms with van der Waals surface area (Å²) in [6.45, 7) is 1.43. The fraction of sp³-hybridized carbons (Fsp3) is 0.188. The summed E-state index contributed by atoms with van der Waals surface area (Å²) in [6.07, 6.45) is 0. The van der Waals surface area contributed by atoms with Crippen LogP contribution in [0.4, 0.5) is 0 Å². The number of carbonyl (C=O) groups excluding carboxylic acids is 1. The van der Waals surface area contributed by atoms with E-state index in [1.54, 1.807) is 18.2 Å². The number of aryl methyl sites for hydroxylation is 1. The molecule has 0 fully saturated rings. The van der Waals surface area contributed by atoms with Crippen LogP contribution in [0.25, 0.3) is 0 Å². The van der Waals surface area contributed by atoms with Gasteiger partial charge in [-0.05, 0) is 36.8 Å². The maximum atomic E-state index is 12.2. The molecule has 0 radical (unpaired) electrons. The molecule has 0 saturated heterocycles. The van der Waals surface area contributed by atoms with Crippen LogP contribution in [0.1, 0.15) is 5.56 Å². The molecule has 0 saturated carbocycles. The van der Waals surface area contributed by atoms with Crippen molar-refractivity contribution in [2.45, 2.75) is 11.8 Å². The third-order valence-corrected chi connectivity index (χ3v) is 4.68. The van der Waals surface area contributed by atoms with Crippen molar-refractivity contribution >= 4 is 16.0 Å². The number of carbonyl (C=O) groups is 1. The lowest BCUT2D eigenvalue weighted by Gasteiger charge is -2.08. The Hall–Kier alpha value is -2.58. The number of ether oxygens (including phenoxy) is 3. The van der Waals surface area contributed by atoms with Crippen LogP contribution in [-0.2, 0) is 14.8 Å². The van der Waals surface area contributed by atoms with E-state index in [1.807, 2.05) is 13.0 Å². The maximum Gasteiger partial charge on any atom is 0.326 e. The Labute approximate surface area is 139 Å². The quantitative estimate of drug-likeness (QED) is 0.651. The van der Waals surface area contributed by atoms with Crippen LogP contribution < -0.4 is 18.9 Å². The molecule has 126 valence electrons. The van der Waals surface area contributed by atoms with E-state index in [9.17, 15) is 13.2 Å². The van der Waals surface area contributed by atoms with Gasteiger partial charge in [0, 0.05) is 6.07 Å². The molecule has 2 aromatic carbocycles. The maximum absolute atomic E-state index is 12.2. The molecule has 7 nitrogen and oxygen atoms in total. The normalized spacial score (nSPS) is 12.9. The highest BCUT2D eigenvalue weighted by molar-refractivity contribution is 7.89. The number of sulfonamides is 1. The second-order valence-corrected chi connectivity index (χ2v) is 6.90. The Morgan fingerprint density at radius 3 is 2.75 bits per heavy atom. The first-order valence-electron chi connectivity index (χ1n) is 7.11. The number of nitrogens with one attached hydrogen (secondary N) is 1. The standard InChI is InChI=1S/C16H15NO6S/c1-11-3-2-4-12(7-11)23-16(18)9-17-24(19,20)13-5-6-14-15(8-13)22-10-21-14/h2-8,17H,9-10H2,1H3. The van der Waals surface area contributed by atoms with Crippen molar-refractivity contribution in [2.75, 3.05) is 13.3 Å². The Morgan fingerprint density at radius 2 is 1.96 bits per heavy atom. The second kappa shape index (κ2) is 6.50. The zero-order valence-corrected chi connectivity index (χ0v) is 13.6. The molecule has 0 aromatic heterocycles. The van der Waals surface area contributed by atoms with Gasteiger partial charge in [0.05, 0.1) is 4.90 Å². The van der Waals surface area contributed by atoms with E-state index < -0.39 is 22.5 Å². The van der Waals surface area contributed by atoms with Gasteiger partial charge in [-0.3, -0.25) is 4.79 Å². The van der Waals surface area contributed by atoms with Gasteiger partial charge in [-0.1, -0.05) is 12.1 Å². The van der Waals surface area contributed by atoms with Crippen molar-refractivity contribution in [3.05, 3.63) is 48.0 Å². The number of fused-ring (bicyclic) bond motifs is 1. The van der Waals surface area contributed by atoms with Gasteiger partial charge in [0.15, 0.2) is 11.5 Å². The molecule has 3 rings (SSSR count). The molecule has 0 aliphatic carbocycles. The van der Waals surface area contributed by atoms with Gasteiger partial charge in [0.25, 0.3) is 0 Å². The Balaban J connectivity index is 1.63. The van der Waals surface area contributed by atoms with Gasteiger partial charge in [0.2, 0.25) is 16.8 Å². The van der Waals surface area contributed by atoms with Gasteiger partial charge in [-0.25, -0.2) is 8.42 Å². The van der Waals surface area contributed by atoms with Crippen LogP contribution in [0.15, 0.2) is 47.4 Å². The second-order valence-electron chi connectivity index (χ2n) is 5.13. The number of esters is 1. The Kier molecular flexibility index (Phi) is 4.41. The largest absolute Gasteiger partial charge is 0.454 e. The minimum atomic E-state index is -3.86. The minimum absolute atomic E-state index is 0.0184. The molecule has 0 unspecified atom stereocenters. The van der Waals surface area contributed by atoms with Crippen molar-refractivity contribution < 1.29 is 27.4 Å². The zero-order chi connectivity index (χ0) is 17.2. The average molecular weight is 349 g/mol. The summed E-state index contributed by atoms with van der Waals surface area (Å²) < 4.78 is 42.0. The van der Waals surface area contributed by atoms with Crippen molar-refractivity contribution in [3.8, 4) is 17.2 Å². The lowest BCUT2D eigenvalue weighted by atomic mass is 10.2. The van der Waals surface area contributed by atoms with Crippen LogP contribution in [-0.4, -0.2) is 27.7 Å². The fourth-order valence-electron chi connectivity index (χ4n) is 2.13. The third kappa shape index (κ3) is 3.66. The molecule has 0 spiro atoms. The summed E-state index contributed by atoms with van der Waals surface area (Å²) in [5.74, 6) is 0.486. The van der Waals surface area contributed by atoms with Crippen LogP contribution in [0.5, 0.6) is 17.2 Å². The van der Waals surface area contributed by atoms with E-state index >= 15 is 0 Å². The monoisotopic (exact) mass is 349 g/mol. The van der Waals surface area contributed by atoms with Crippen LogP contribution in [0.2, 0.25) is 0 Å². The van der Waals surface area contributed by atoms with Crippen LogP contribution in [0, 0.1) is 6.92 Å². The topological polar surface area (TPSA) is 90.9 Å². The van der Waals surface area contributed by atoms with E-state index in [0.717, 1.165) is 5.56 Å². The Bertz CT molecular complexity index is 878.